The Morgan fingerprint density at radius 2 is 1.14 bits per heavy atom. The van der Waals surface area contributed by atoms with Gasteiger partial charge in [0.25, 0.3) is 0 Å². The van der Waals surface area contributed by atoms with Crippen molar-refractivity contribution in [2.75, 3.05) is 0 Å². The summed E-state index contributed by atoms with van der Waals surface area (Å²) in [6.45, 7) is 5.04. The van der Waals surface area contributed by atoms with Crippen molar-refractivity contribution in [3.63, 3.8) is 0 Å². The Balaban J connectivity index is 0.00000120. The SMILES string of the molecule is C[Si](C)(c1[cH-]c2ccccc2c1-c1ccccc1)[c-]1cc(-c2ccccc2)c2ccccc21.[Cl-].[Cl-].[Zr+4]. The standard InChI is InChI=1S/C32H26Si.2ClH.Zr/c1-33(2,30-22-29(23-13-5-3-6-14-23)27-19-11-12-20-28(27)30)31-21-25-17-9-10-18-26(25)32(31)24-15-7-4-8-16-24;;;/h3-22H,1-2H3;2*1H;/q-2;;;+4/p-2. The van der Waals surface area contributed by atoms with E-state index in [-0.39, 0.29) is 51.0 Å². The zero-order valence-corrected chi connectivity index (χ0v) is 25.3. The van der Waals surface area contributed by atoms with Gasteiger partial charge >= 0.3 is 26.2 Å². The molecule has 0 aliphatic carbocycles. The molecule has 176 valence electrons. The van der Waals surface area contributed by atoms with Gasteiger partial charge in [0.15, 0.2) is 0 Å². The molecule has 0 spiro atoms. The third-order valence-corrected chi connectivity index (χ3v) is 10.6. The van der Waals surface area contributed by atoms with Crippen LogP contribution in [0.3, 0.4) is 0 Å². The van der Waals surface area contributed by atoms with Crippen molar-refractivity contribution in [1.82, 2.24) is 0 Å². The van der Waals surface area contributed by atoms with E-state index < -0.39 is 8.07 Å². The molecule has 0 unspecified atom stereocenters. The number of hydrogen-bond acceptors (Lipinski definition) is 0. The van der Waals surface area contributed by atoms with Crippen molar-refractivity contribution in [2.45, 2.75) is 13.1 Å². The minimum absolute atomic E-state index is 0. The summed E-state index contributed by atoms with van der Waals surface area (Å²) in [7, 11) is -2.04. The molecule has 0 aliphatic heterocycles. The minimum atomic E-state index is -2.04. The van der Waals surface area contributed by atoms with Crippen LogP contribution in [-0.4, -0.2) is 8.07 Å². The van der Waals surface area contributed by atoms with Crippen molar-refractivity contribution in [3.8, 4) is 22.3 Å². The van der Waals surface area contributed by atoms with E-state index in [0.29, 0.717) is 0 Å². The average molecular weight is 601 g/mol. The van der Waals surface area contributed by atoms with Gasteiger partial charge in [-0.15, -0.1) is 91.6 Å². The van der Waals surface area contributed by atoms with Crippen LogP contribution in [0.15, 0.2) is 121 Å². The molecule has 0 radical (unpaired) electrons. The first-order valence-electron chi connectivity index (χ1n) is 11.6. The first-order valence-corrected chi connectivity index (χ1v) is 14.6. The quantitative estimate of drug-likeness (QED) is 0.213. The topological polar surface area (TPSA) is 0 Å². The molecule has 6 rings (SSSR count). The Morgan fingerprint density at radius 3 is 1.81 bits per heavy atom. The molecule has 0 aliphatic rings. The summed E-state index contributed by atoms with van der Waals surface area (Å²) in [6.07, 6.45) is 0. The summed E-state index contributed by atoms with van der Waals surface area (Å²) in [5, 5.41) is 8.49. The van der Waals surface area contributed by atoms with Crippen LogP contribution in [0.5, 0.6) is 0 Å². The van der Waals surface area contributed by atoms with Gasteiger partial charge in [0, 0.05) is 8.07 Å². The van der Waals surface area contributed by atoms with E-state index in [1.807, 2.05) is 0 Å². The number of halogens is 2. The molecule has 0 atom stereocenters. The summed E-state index contributed by atoms with van der Waals surface area (Å²) in [4.78, 5) is 0. The van der Waals surface area contributed by atoms with Crippen LogP contribution < -0.4 is 35.2 Å². The fourth-order valence-corrected chi connectivity index (χ4v) is 8.51. The fourth-order valence-electron chi connectivity index (χ4n) is 5.40. The average Bonchev–Trinajstić information content (AvgIpc) is 3.45. The second kappa shape index (κ2) is 11.4. The van der Waals surface area contributed by atoms with Crippen LogP contribution in [0.25, 0.3) is 43.8 Å². The van der Waals surface area contributed by atoms with Gasteiger partial charge < -0.3 is 24.8 Å². The van der Waals surface area contributed by atoms with Crippen molar-refractivity contribution >= 4 is 40.0 Å². The molecule has 0 heterocycles. The summed E-state index contributed by atoms with van der Waals surface area (Å²) in [6, 6.07) is 44.5. The molecule has 0 nitrogen and oxygen atoms in total. The summed E-state index contributed by atoms with van der Waals surface area (Å²) < 4.78 is 0. The summed E-state index contributed by atoms with van der Waals surface area (Å²) >= 11 is 0. The number of benzene rings is 4. The van der Waals surface area contributed by atoms with Gasteiger partial charge in [-0.05, 0) is 0 Å². The fraction of sp³-hybridized carbons (Fsp3) is 0.0625. The molecule has 0 N–H and O–H groups in total. The monoisotopic (exact) mass is 598 g/mol. The Labute approximate surface area is 246 Å². The number of hydrogen-bond donors (Lipinski definition) is 0. The molecular formula is C32H26Cl2SiZr. The molecule has 0 saturated carbocycles. The van der Waals surface area contributed by atoms with Crippen LogP contribution >= 0.6 is 0 Å². The number of fused-ring (bicyclic) bond motifs is 2. The molecule has 6 aromatic rings. The molecule has 0 saturated heterocycles. The predicted molar refractivity (Wildman–Crippen MR) is 147 cm³/mol. The molecule has 36 heavy (non-hydrogen) atoms. The van der Waals surface area contributed by atoms with Gasteiger partial charge in [-0.1, -0.05) is 97.0 Å². The van der Waals surface area contributed by atoms with E-state index in [0.717, 1.165) is 0 Å². The summed E-state index contributed by atoms with van der Waals surface area (Å²) in [5.74, 6) is 0. The van der Waals surface area contributed by atoms with E-state index in [1.54, 1.807) is 0 Å². The Hall–Kier alpha value is -2.22. The molecule has 0 fully saturated rings. The third kappa shape index (κ3) is 4.73. The predicted octanol–water partition coefficient (Wildman–Crippen LogP) is 1.59. The number of rotatable bonds is 4. The van der Waals surface area contributed by atoms with Gasteiger partial charge in [0.05, 0.1) is 0 Å². The van der Waals surface area contributed by atoms with Crippen LogP contribution in [0.4, 0.5) is 0 Å². The maximum Gasteiger partial charge on any atom is 4.00 e. The maximum atomic E-state index is 2.52. The van der Waals surface area contributed by atoms with Gasteiger partial charge in [0.1, 0.15) is 0 Å². The minimum Gasteiger partial charge on any atom is -1.00 e. The van der Waals surface area contributed by atoms with Crippen LogP contribution in [0, 0.1) is 0 Å². The summed E-state index contributed by atoms with van der Waals surface area (Å²) in [5.41, 5.74) is 5.36. The second-order valence-corrected chi connectivity index (χ2v) is 13.7. The maximum absolute atomic E-state index is 2.52. The van der Waals surface area contributed by atoms with Gasteiger partial charge in [0.2, 0.25) is 0 Å². The Kier molecular flexibility index (Phi) is 9.02. The van der Waals surface area contributed by atoms with Crippen molar-refractivity contribution in [1.29, 1.82) is 0 Å². The van der Waals surface area contributed by atoms with E-state index in [4.69, 9.17) is 0 Å². The smallest absolute Gasteiger partial charge is 1.00 e. The second-order valence-electron chi connectivity index (χ2n) is 9.39. The zero-order valence-electron chi connectivity index (χ0n) is 20.3. The van der Waals surface area contributed by atoms with E-state index in [9.17, 15) is 0 Å². The van der Waals surface area contributed by atoms with E-state index in [2.05, 4.69) is 134 Å². The zero-order chi connectivity index (χ0) is 22.4. The molecule has 0 bridgehead atoms. The van der Waals surface area contributed by atoms with Crippen molar-refractivity contribution < 1.29 is 51.0 Å². The largest absolute Gasteiger partial charge is 4.00 e. The van der Waals surface area contributed by atoms with E-state index >= 15 is 0 Å². The Bertz CT molecular complexity index is 1580. The van der Waals surface area contributed by atoms with Crippen LogP contribution in [0.1, 0.15) is 0 Å². The molecule has 4 heteroatoms. The molecule has 0 aromatic heterocycles. The normalized spacial score (nSPS) is 10.9. The molecule has 6 aromatic carbocycles. The van der Waals surface area contributed by atoms with Gasteiger partial charge in [-0.2, -0.15) is 0 Å². The van der Waals surface area contributed by atoms with Crippen molar-refractivity contribution in [3.05, 3.63) is 121 Å². The van der Waals surface area contributed by atoms with Crippen LogP contribution in [0.2, 0.25) is 13.1 Å². The molecule has 0 amide bonds. The van der Waals surface area contributed by atoms with Gasteiger partial charge in [-0.25, -0.2) is 0 Å². The van der Waals surface area contributed by atoms with Gasteiger partial charge in [-0.3, -0.25) is 0 Å². The van der Waals surface area contributed by atoms with E-state index in [1.165, 1.54) is 54.2 Å². The molecular weight excluding hydrogens is 575 g/mol. The Morgan fingerprint density at radius 1 is 0.611 bits per heavy atom. The van der Waals surface area contributed by atoms with Crippen LogP contribution in [-0.2, 0) is 26.2 Å². The van der Waals surface area contributed by atoms with Crippen molar-refractivity contribution in [2.24, 2.45) is 0 Å². The first-order chi connectivity index (χ1) is 16.1. The third-order valence-electron chi connectivity index (χ3n) is 7.09. The first kappa shape index (κ1) is 28.4.